The summed E-state index contributed by atoms with van der Waals surface area (Å²) in [5.74, 6) is -0.950. The molecule has 5 nitrogen and oxygen atoms in total. The molecule has 0 aromatic heterocycles. The van der Waals surface area contributed by atoms with E-state index in [0.29, 0.717) is 17.1 Å². The fourth-order valence-electron chi connectivity index (χ4n) is 1.44. The largest absolute Gasteiger partial charge is 0.481 e. The molecule has 1 unspecified atom stereocenters. The Kier molecular flexibility index (Phi) is 6.11. The molecule has 7 heteroatoms. The van der Waals surface area contributed by atoms with Crippen molar-refractivity contribution in [2.75, 3.05) is 5.32 Å². The van der Waals surface area contributed by atoms with Crippen LogP contribution in [-0.2, 0) is 4.79 Å². The molecule has 0 fully saturated rings. The smallest absolute Gasteiger partial charge is 0.319 e. The Hall–Kier alpha value is -1.27. The summed E-state index contributed by atoms with van der Waals surface area (Å²) in [7, 11) is 0. The van der Waals surface area contributed by atoms with Crippen LogP contribution >= 0.6 is 27.5 Å². The van der Waals surface area contributed by atoms with Crippen LogP contribution in [0.3, 0.4) is 0 Å². The van der Waals surface area contributed by atoms with Gasteiger partial charge in [-0.1, -0.05) is 34.5 Å². The van der Waals surface area contributed by atoms with E-state index >= 15 is 0 Å². The number of benzene rings is 1. The van der Waals surface area contributed by atoms with E-state index in [2.05, 4.69) is 26.6 Å². The van der Waals surface area contributed by atoms with Crippen LogP contribution in [0.2, 0.25) is 5.02 Å². The molecule has 0 saturated heterocycles. The molecular formula is C12H14BrClN2O3. The molecule has 1 aromatic rings. The molecule has 0 aliphatic carbocycles. The minimum absolute atomic E-state index is 0.113. The first-order chi connectivity index (χ1) is 8.92. The van der Waals surface area contributed by atoms with Gasteiger partial charge in [0.25, 0.3) is 0 Å². The third-order valence-corrected chi connectivity index (χ3v) is 3.23. The standard InChI is InChI=1S/C12H14BrClN2O3/c1-2-8(6-11(17)18)15-12(19)16-10-4-3-7(13)5-9(10)14/h3-5,8H,2,6H2,1H3,(H,17,18)(H2,15,16,19). The van der Waals surface area contributed by atoms with Crippen molar-refractivity contribution in [1.82, 2.24) is 5.32 Å². The van der Waals surface area contributed by atoms with Crippen LogP contribution in [0, 0.1) is 0 Å². The van der Waals surface area contributed by atoms with Crippen molar-refractivity contribution in [3.05, 3.63) is 27.7 Å². The van der Waals surface area contributed by atoms with Gasteiger partial charge in [0.05, 0.1) is 17.1 Å². The van der Waals surface area contributed by atoms with Gasteiger partial charge in [0.15, 0.2) is 0 Å². The Balaban J connectivity index is 2.61. The van der Waals surface area contributed by atoms with Crippen LogP contribution in [0.5, 0.6) is 0 Å². The highest BCUT2D eigenvalue weighted by Crippen LogP contribution is 2.25. The maximum atomic E-state index is 11.7. The van der Waals surface area contributed by atoms with E-state index in [9.17, 15) is 9.59 Å². The average molecular weight is 350 g/mol. The number of aliphatic carboxylic acids is 1. The van der Waals surface area contributed by atoms with E-state index in [1.54, 1.807) is 25.1 Å². The fourth-order valence-corrected chi connectivity index (χ4v) is 2.16. The van der Waals surface area contributed by atoms with Gasteiger partial charge in [-0.15, -0.1) is 0 Å². The molecule has 1 rings (SSSR count). The van der Waals surface area contributed by atoms with Gasteiger partial charge in [-0.25, -0.2) is 4.79 Å². The van der Waals surface area contributed by atoms with Crippen molar-refractivity contribution in [1.29, 1.82) is 0 Å². The molecule has 0 spiro atoms. The maximum Gasteiger partial charge on any atom is 0.319 e. The van der Waals surface area contributed by atoms with E-state index in [-0.39, 0.29) is 6.42 Å². The minimum Gasteiger partial charge on any atom is -0.481 e. The maximum absolute atomic E-state index is 11.7. The van der Waals surface area contributed by atoms with Gasteiger partial charge in [0.1, 0.15) is 0 Å². The van der Waals surface area contributed by atoms with Gasteiger partial charge in [0.2, 0.25) is 0 Å². The second kappa shape index (κ2) is 7.35. The van der Waals surface area contributed by atoms with E-state index in [1.165, 1.54) is 0 Å². The number of anilines is 1. The van der Waals surface area contributed by atoms with Crippen LogP contribution in [-0.4, -0.2) is 23.1 Å². The number of rotatable bonds is 5. The molecule has 2 amide bonds. The molecule has 0 radical (unpaired) electrons. The van der Waals surface area contributed by atoms with Gasteiger partial charge in [0, 0.05) is 10.5 Å². The first kappa shape index (κ1) is 15.8. The van der Waals surface area contributed by atoms with Crippen molar-refractivity contribution >= 4 is 45.2 Å². The lowest BCUT2D eigenvalue weighted by Gasteiger charge is -2.16. The Morgan fingerprint density at radius 1 is 1.47 bits per heavy atom. The van der Waals surface area contributed by atoms with Crippen LogP contribution in [0.25, 0.3) is 0 Å². The van der Waals surface area contributed by atoms with Crippen LogP contribution in [0.1, 0.15) is 19.8 Å². The summed E-state index contributed by atoms with van der Waals surface area (Å²) < 4.78 is 0.806. The number of amides is 2. The molecule has 0 aliphatic heterocycles. The quantitative estimate of drug-likeness (QED) is 0.761. The Morgan fingerprint density at radius 3 is 2.68 bits per heavy atom. The highest BCUT2D eigenvalue weighted by Gasteiger charge is 2.14. The summed E-state index contributed by atoms with van der Waals surface area (Å²) in [5, 5.41) is 14.3. The van der Waals surface area contributed by atoms with Gasteiger partial charge in [-0.3, -0.25) is 4.79 Å². The average Bonchev–Trinajstić information content (AvgIpc) is 2.31. The normalized spacial score (nSPS) is 11.7. The Morgan fingerprint density at radius 2 is 2.16 bits per heavy atom. The fraction of sp³-hybridized carbons (Fsp3) is 0.333. The van der Waals surface area contributed by atoms with Gasteiger partial charge < -0.3 is 15.7 Å². The van der Waals surface area contributed by atoms with E-state index in [0.717, 1.165) is 4.47 Å². The zero-order valence-corrected chi connectivity index (χ0v) is 12.6. The van der Waals surface area contributed by atoms with Gasteiger partial charge in [-0.2, -0.15) is 0 Å². The molecule has 104 valence electrons. The zero-order valence-electron chi connectivity index (χ0n) is 10.2. The molecule has 0 heterocycles. The summed E-state index contributed by atoms with van der Waals surface area (Å²) >= 11 is 9.22. The lowest BCUT2D eigenvalue weighted by Crippen LogP contribution is -2.38. The molecule has 0 aliphatic rings. The number of carbonyl (C=O) groups is 2. The summed E-state index contributed by atoms with van der Waals surface area (Å²) in [6.45, 7) is 1.81. The zero-order chi connectivity index (χ0) is 14.4. The second-order valence-corrected chi connectivity index (χ2v) is 5.25. The number of hydrogen-bond donors (Lipinski definition) is 3. The lowest BCUT2D eigenvalue weighted by atomic mass is 10.1. The third kappa shape index (κ3) is 5.48. The number of hydrogen-bond acceptors (Lipinski definition) is 2. The molecule has 1 aromatic carbocycles. The summed E-state index contributed by atoms with van der Waals surface area (Å²) in [6, 6.07) is 4.18. The highest BCUT2D eigenvalue weighted by molar-refractivity contribution is 9.10. The summed E-state index contributed by atoms with van der Waals surface area (Å²) in [5.41, 5.74) is 0.465. The highest BCUT2D eigenvalue weighted by atomic mass is 79.9. The second-order valence-electron chi connectivity index (χ2n) is 3.93. The van der Waals surface area contributed by atoms with Gasteiger partial charge >= 0.3 is 12.0 Å². The van der Waals surface area contributed by atoms with Crippen molar-refractivity contribution in [2.24, 2.45) is 0 Å². The number of carboxylic acids is 1. The van der Waals surface area contributed by atoms with E-state index in [4.69, 9.17) is 16.7 Å². The minimum atomic E-state index is -0.950. The van der Waals surface area contributed by atoms with Crippen LogP contribution in [0.15, 0.2) is 22.7 Å². The molecule has 0 bridgehead atoms. The number of urea groups is 1. The Labute approximate surface area is 124 Å². The van der Waals surface area contributed by atoms with Crippen molar-refractivity contribution in [3.63, 3.8) is 0 Å². The molecule has 3 N–H and O–H groups in total. The van der Waals surface area contributed by atoms with Crippen molar-refractivity contribution < 1.29 is 14.7 Å². The molecule has 1 atom stereocenters. The third-order valence-electron chi connectivity index (χ3n) is 2.43. The number of carbonyl (C=O) groups excluding carboxylic acids is 1. The molecule has 19 heavy (non-hydrogen) atoms. The predicted molar refractivity (Wildman–Crippen MR) is 77.6 cm³/mol. The number of halogens is 2. The first-order valence-corrected chi connectivity index (χ1v) is 6.83. The van der Waals surface area contributed by atoms with E-state index in [1.807, 2.05) is 0 Å². The summed E-state index contributed by atoms with van der Waals surface area (Å²) in [4.78, 5) is 22.3. The lowest BCUT2D eigenvalue weighted by molar-refractivity contribution is -0.137. The Bertz CT molecular complexity index is 482. The van der Waals surface area contributed by atoms with Crippen molar-refractivity contribution in [2.45, 2.75) is 25.8 Å². The predicted octanol–water partition coefficient (Wildman–Crippen LogP) is 3.48. The SMILES string of the molecule is CCC(CC(=O)O)NC(=O)Nc1ccc(Br)cc1Cl. The number of nitrogens with one attached hydrogen (secondary N) is 2. The van der Waals surface area contributed by atoms with E-state index < -0.39 is 18.0 Å². The van der Waals surface area contributed by atoms with Gasteiger partial charge in [-0.05, 0) is 24.6 Å². The van der Waals surface area contributed by atoms with Crippen molar-refractivity contribution in [3.8, 4) is 0 Å². The first-order valence-electron chi connectivity index (χ1n) is 5.66. The summed E-state index contributed by atoms with van der Waals surface area (Å²) in [6.07, 6.45) is 0.422. The monoisotopic (exact) mass is 348 g/mol. The number of carboxylic acid groups (broad SMARTS) is 1. The topological polar surface area (TPSA) is 78.4 Å². The molecule has 0 saturated carbocycles. The van der Waals surface area contributed by atoms with Crippen LogP contribution in [0.4, 0.5) is 10.5 Å². The van der Waals surface area contributed by atoms with Crippen LogP contribution < -0.4 is 10.6 Å². The molecular weight excluding hydrogens is 336 g/mol.